The lowest BCUT2D eigenvalue weighted by molar-refractivity contribution is -0.142. The van der Waals surface area contributed by atoms with Crippen LogP contribution >= 0.6 is 0 Å². The van der Waals surface area contributed by atoms with Crippen molar-refractivity contribution in [1.82, 2.24) is 10.2 Å². The number of fused-ring (bicyclic) bond motifs is 2. The minimum absolute atomic E-state index is 0.0957. The number of hydrogen-bond donors (Lipinski definition) is 2. The molecule has 0 aromatic carbocycles. The minimum Gasteiger partial charge on any atom is -0.481 e. The molecule has 2 N–H and O–H groups in total. The van der Waals surface area contributed by atoms with Gasteiger partial charge in [0.15, 0.2) is 0 Å². The van der Waals surface area contributed by atoms with E-state index in [1.807, 2.05) is 6.92 Å². The molecule has 2 bridgehead atoms. The summed E-state index contributed by atoms with van der Waals surface area (Å²) in [4.78, 5) is 25.3. The molecule has 0 aromatic heterocycles. The molecule has 0 radical (unpaired) electrons. The van der Waals surface area contributed by atoms with Gasteiger partial charge in [0.1, 0.15) is 0 Å². The molecule has 6 heteroatoms. The van der Waals surface area contributed by atoms with E-state index in [4.69, 9.17) is 4.74 Å². The number of nitrogens with zero attached hydrogens (tertiary/aromatic N) is 1. The second-order valence-electron chi connectivity index (χ2n) is 6.45. The fourth-order valence-corrected chi connectivity index (χ4v) is 3.90. The summed E-state index contributed by atoms with van der Waals surface area (Å²) < 4.78 is 5.65. The lowest BCUT2D eigenvalue weighted by Gasteiger charge is -2.28. The molecule has 0 aromatic rings. The Kier molecular flexibility index (Phi) is 3.36. The van der Waals surface area contributed by atoms with Crippen LogP contribution < -0.4 is 5.32 Å². The van der Waals surface area contributed by atoms with Crippen LogP contribution in [0.25, 0.3) is 0 Å². The van der Waals surface area contributed by atoms with Gasteiger partial charge in [-0.2, -0.15) is 0 Å². The number of urea groups is 1. The minimum atomic E-state index is -0.777. The van der Waals surface area contributed by atoms with Gasteiger partial charge in [-0.3, -0.25) is 4.79 Å². The predicted octanol–water partition coefficient (Wildman–Crippen LogP) is 1.20. The van der Waals surface area contributed by atoms with Gasteiger partial charge in [-0.25, -0.2) is 4.79 Å². The number of carboxylic acid groups (broad SMARTS) is 1. The van der Waals surface area contributed by atoms with Crippen molar-refractivity contribution in [3.63, 3.8) is 0 Å². The van der Waals surface area contributed by atoms with Crippen LogP contribution in [0.1, 0.15) is 39.0 Å². The number of carbonyl (C=O) groups is 2. The molecule has 3 saturated heterocycles. The Hall–Kier alpha value is -1.30. The highest BCUT2D eigenvalue weighted by molar-refractivity contribution is 5.79. The van der Waals surface area contributed by atoms with Gasteiger partial charge < -0.3 is 20.1 Å². The molecule has 3 aliphatic rings. The van der Waals surface area contributed by atoms with Crippen molar-refractivity contribution in [1.29, 1.82) is 0 Å². The fraction of sp³-hybridized carbons (Fsp3) is 0.857. The number of hydrogen-bond acceptors (Lipinski definition) is 3. The number of rotatable bonds is 3. The second-order valence-corrected chi connectivity index (χ2v) is 6.45. The summed E-state index contributed by atoms with van der Waals surface area (Å²) in [6.45, 7) is 3.26. The lowest BCUT2D eigenvalue weighted by atomic mass is 9.89. The van der Waals surface area contributed by atoms with Crippen LogP contribution in [0, 0.1) is 5.92 Å². The smallest absolute Gasteiger partial charge is 0.318 e. The molecule has 0 aliphatic carbocycles. The number of amides is 2. The maximum Gasteiger partial charge on any atom is 0.318 e. The average molecular weight is 282 g/mol. The van der Waals surface area contributed by atoms with E-state index in [2.05, 4.69) is 5.32 Å². The molecule has 3 fully saturated rings. The van der Waals surface area contributed by atoms with Gasteiger partial charge >= 0.3 is 12.0 Å². The maximum absolute atomic E-state index is 12.3. The summed E-state index contributed by atoms with van der Waals surface area (Å²) in [5, 5.41) is 12.1. The Morgan fingerprint density at radius 2 is 2.25 bits per heavy atom. The summed E-state index contributed by atoms with van der Waals surface area (Å²) in [7, 11) is 0. The zero-order valence-corrected chi connectivity index (χ0v) is 11.8. The molecule has 0 saturated carbocycles. The highest BCUT2D eigenvalue weighted by Crippen LogP contribution is 2.41. The van der Waals surface area contributed by atoms with E-state index in [-0.39, 0.29) is 23.7 Å². The van der Waals surface area contributed by atoms with E-state index in [9.17, 15) is 14.7 Å². The second kappa shape index (κ2) is 4.91. The molecule has 4 atom stereocenters. The number of nitrogens with one attached hydrogen (secondary N) is 1. The van der Waals surface area contributed by atoms with E-state index in [1.165, 1.54) is 0 Å². The molecule has 3 aliphatic heterocycles. The van der Waals surface area contributed by atoms with E-state index in [1.54, 1.807) is 4.90 Å². The fourth-order valence-electron chi connectivity index (χ4n) is 3.90. The summed E-state index contributed by atoms with van der Waals surface area (Å²) in [5.41, 5.74) is -0.263. The highest BCUT2D eigenvalue weighted by atomic mass is 16.5. The van der Waals surface area contributed by atoms with Gasteiger partial charge in [0.05, 0.1) is 11.5 Å². The first-order chi connectivity index (χ1) is 9.50. The zero-order chi connectivity index (χ0) is 14.3. The molecule has 2 amide bonds. The van der Waals surface area contributed by atoms with Crippen LogP contribution in [0.3, 0.4) is 0 Å². The first kappa shape index (κ1) is 13.7. The Morgan fingerprint density at radius 3 is 2.85 bits per heavy atom. The average Bonchev–Trinajstić information content (AvgIpc) is 3.10. The van der Waals surface area contributed by atoms with Crippen molar-refractivity contribution in [2.75, 3.05) is 13.2 Å². The normalized spacial score (nSPS) is 39.2. The van der Waals surface area contributed by atoms with E-state index < -0.39 is 11.9 Å². The van der Waals surface area contributed by atoms with Crippen molar-refractivity contribution in [3.8, 4) is 0 Å². The number of carbonyl (C=O) groups excluding carboxylic acids is 1. The Balaban J connectivity index is 1.59. The summed E-state index contributed by atoms with van der Waals surface area (Å²) >= 11 is 0. The third-order valence-electron chi connectivity index (χ3n) is 5.00. The van der Waals surface area contributed by atoms with Gasteiger partial charge in [-0.05, 0) is 39.0 Å². The largest absolute Gasteiger partial charge is 0.481 e. The standard InChI is InChI=1S/C14H22N2O4/c1-14(5-2-6-20-14)8-15-13(19)16-9-3-4-11(16)10(7-9)12(17)18/h9-11H,2-8H2,1H3,(H,15,19)(H,17,18). The van der Waals surface area contributed by atoms with Crippen molar-refractivity contribution in [2.45, 2.75) is 56.7 Å². The predicted molar refractivity (Wildman–Crippen MR) is 71.4 cm³/mol. The maximum atomic E-state index is 12.3. The molecular weight excluding hydrogens is 260 g/mol. The quantitative estimate of drug-likeness (QED) is 0.815. The van der Waals surface area contributed by atoms with Crippen molar-refractivity contribution in [2.24, 2.45) is 5.92 Å². The monoisotopic (exact) mass is 282 g/mol. The van der Waals surface area contributed by atoms with Crippen LogP contribution in [-0.2, 0) is 9.53 Å². The summed E-state index contributed by atoms with van der Waals surface area (Å²) in [6.07, 6.45) is 4.32. The Bertz CT molecular complexity index is 419. The molecule has 112 valence electrons. The van der Waals surface area contributed by atoms with Crippen LogP contribution in [0.15, 0.2) is 0 Å². The molecule has 20 heavy (non-hydrogen) atoms. The van der Waals surface area contributed by atoms with Crippen molar-refractivity contribution in [3.05, 3.63) is 0 Å². The molecule has 6 nitrogen and oxygen atoms in total. The van der Waals surface area contributed by atoms with Crippen LogP contribution in [0.2, 0.25) is 0 Å². The van der Waals surface area contributed by atoms with E-state index in [0.29, 0.717) is 13.0 Å². The van der Waals surface area contributed by atoms with Crippen molar-refractivity contribution >= 4 is 12.0 Å². The number of carboxylic acids is 1. The van der Waals surface area contributed by atoms with Crippen LogP contribution in [-0.4, -0.2) is 52.8 Å². The first-order valence-corrected chi connectivity index (χ1v) is 7.43. The number of ether oxygens (including phenoxy) is 1. The Morgan fingerprint density at radius 1 is 1.45 bits per heavy atom. The first-order valence-electron chi connectivity index (χ1n) is 7.43. The van der Waals surface area contributed by atoms with Gasteiger partial charge in [0.2, 0.25) is 0 Å². The molecule has 3 heterocycles. The van der Waals surface area contributed by atoms with Gasteiger partial charge in [0.25, 0.3) is 0 Å². The van der Waals surface area contributed by atoms with E-state index in [0.717, 1.165) is 32.3 Å². The lowest BCUT2D eigenvalue weighted by Crippen LogP contribution is -2.48. The molecule has 3 rings (SSSR count). The van der Waals surface area contributed by atoms with Gasteiger partial charge in [-0.1, -0.05) is 0 Å². The third-order valence-corrected chi connectivity index (χ3v) is 5.00. The highest BCUT2D eigenvalue weighted by Gasteiger charge is 2.51. The van der Waals surface area contributed by atoms with Gasteiger partial charge in [-0.15, -0.1) is 0 Å². The third kappa shape index (κ3) is 2.26. The molecule has 0 spiro atoms. The van der Waals surface area contributed by atoms with Gasteiger partial charge in [0, 0.05) is 25.2 Å². The topological polar surface area (TPSA) is 78.9 Å². The van der Waals surface area contributed by atoms with E-state index >= 15 is 0 Å². The summed E-state index contributed by atoms with van der Waals surface area (Å²) in [6, 6.07) is -0.161. The molecular formula is C14H22N2O4. The number of aliphatic carboxylic acids is 1. The Labute approximate surface area is 118 Å². The van der Waals surface area contributed by atoms with Crippen molar-refractivity contribution < 1.29 is 19.4 Å². The summed E-state index contributed by atoms with van der Waals surface area (Å²) in [5.74, 6) is -1.17. The SMILES string of the molecule is CC1(CNC(=O)N2C3CCC2C(C(=O)O)C3)CCCO1. The molecule has 4 unspecified atom stereocenters. The van der Waals surface area contributed by atoms with Crippen LogP contribution in [0.4, 0.5) is 4.79 Å². The zero-order valence-electron chi connectivity index (χ0n) is 11.8. The van der Waals surface area contributed by atoms with Crippen LogP contribution in [0.5, 0.6) is 0 Å².